The lowest BCUT2D eigenvalue weighted by molar-refractivity contribution is -0.170. The minimum absolute atomic E-state index is 0.0149. The highest BCUT2D eigenvalue weighted by molar-refractivity contribution is 8.01. The topological polar surface area (TPSA) is 100 Å². The van der Waals surface area contributed by atoms with Crippen molar-refractivity contribution < 1.29 is 28.3 Å². The maximum atomic E-state index is 14.2. The van der Waals surface area contributed by atoms with Crippen LogP contribution in [0, 0.1) is 5.82 Å². The summed E-state index contributed by atoms with van der Waals surface area (Å²) in [5.74, 6) is -0.389. The molecule has 0 saturated carbocycles. The smallest absolute Gasteiger partial charge is 0.410 e. The number of ether oxygens (including phenoxy) is 1. The summed E-state index contributed by atoms with van der Waals surface area (Å²) in [4.78, 5) is 48.6. The maximum Gasteiger partial charge on any atom is 0.410 e. The van der Waals surface area contributed by atoms with Crippen molar-refractivity contribution >= 4 is 47.1 Å². The molecule has 0 spiro atoms. The fourth-order valence-electron chi connectivity index (χ4n) is 7.99. The summed E-state index contributed by atoms with van der Waals surface area (Å²) in [6.07, 6.45) is 3.77. The van der Waals surface area contributed by atoms with E-state index in [9.17, 15) is 18.8 Å². The van der Waals surface area contributed by atoms with Gasteiger partial charge >= 0.3 is 6.09 Å². The molecule has 5 aromatic rings. The number of hydrogen-bond donors (Lipinski definition) is 2. The minimum Gasteiger partial charge on any atom is -0.444 e. The van der Waals surface area contributed by atoms with Gasteiger partial charge in [-0.1, -0.05) is 109 Å². The summed E-state index contributed by atoms with van der Waals surface area (Å²) in [5.41, 5.74) is 5.58. The van der Waals surface area contributed by atoms with Crippen LogP contribution in [0.3, 0.4) is 0 Å². The van der Waals surface area contributed by atoms with Crippen LogP contribution >= 0.6 is 23.5 Å². The molecule has 9 nitrogen and oxygen atoms in total. The average Bonchev–Trinajstić information content (AvgIpc) is 3.71. The van der Waals surface area contributed by atoms with E-state index in [1.54, 1.807) is 23.9 Å². The van der Waals surface area contributed by atoms with Gasteiger partial charge < -0.3 is 20.3 Å². The van der Waals surface area contributed by atoms with Crippen LogP contribution in [-0.4, -0.2) is 90.1 Å². The number of amides is 3. The van der Waals surface area contributed by atoms with E-state index < -0.39 is 16.4 Å². The lowest BCUT2D eigenvalue weighted by atomic mass is 9.84. The van der Waals surface area contributed by atoms with Crippen molar-refractivity contribution in [2.24, 2.45) is 0 Å². The van der Waals surface area contributed by atoms with Crippen LogP contribution in [0.15, 0.2) is 133 Å². The van der Waals surface area contributed by atoms with Crippen molar-refractivity contribution in [2.75, 3.05) is 44.6 Å². The summed E-state index contributed by atoms with van der Waals surface area (Å²) in [6, 6.07) is 42.6. The average molecular weight is 891 g/mol. The maximum absolute atomic E-state index is 14.2. The zero-order valence-corrected chi connectivity index (χ0v) is 38.6. The first-order valence-electron chi connectivity index (χ1n) is 21.4. The Morgan fingerprint density at radius 3 is 1.97 bits per heavy atom. The van der Waals surface area contributed by atoms with Crippen molar-refractivity contribution in [1.29, 1.82) is 0 Å². The Morgan fingerprint density at radius 1 is 0.841 bits per heavy atom. The Labute approximate surface area is 380 Å². The number of nitrogens with one attached hydrogen (secondary N) is 2. The van der Waals surface area contributed by atoms with Crippen LogP contribution in [0.2, 0.25) is 0 Å². The van der Waals surface area contributed by atoms with Gasteiger partial charge in [-0.05, 0) is 111 Å². The Kier molecular flexibility index (Phi) is 16.4. The fraction of sp³-hybridized carbons (Fsp3) is 0.353. The predicted octanol–water partition coefficient (Wildman–Crippen LogP) is 10.00. The van der Waals surface area contributed by atoms with E-state index in [1.807, 2.05) is 80.1 Å². The van der Waals surface area contributed by atoms with Gasteiger partial charge in [-0.2, -0.15) is 11.8 Å². The summed E-state index contributed by atoms with van der Waals surface area (Å²) in [6.45, 7) is 6.50. The van der Waals surface area contributed by atoms with E-state index in [2.05, 4.69) is 83.4 Å². The van der Waals surface area contributed by atoms with E-state index in [-0.39, 0.29) is 35.0 Å². The van der Waals surface area contributed by atoms with Gasteiger partial charge in [0.25, 0.3) is 11.8 Å². The fourth-order valence-corrected chi connectivity index (χ4v) is 10.3. The molecule has 63 heavy (non-hydrogen) atoms. The summed E-state index contributed by atoms with van der Waals surface area (Å²) >= 11 is 3.45. The van der Waals surface area contributed by atoms with Crippen LogP contribution in [0.5, 0.6) is 0 Å². The Balaban J connectivity index is 1.31. The third-order valence-electron chi connectivity index (χ3n) is 11.2. The molecule has 6 rings (SSSR count). The molecule has 5 aromatic carbocycles. The van der Waals surface area contributed by atoms with Gasteiger partial charge in [0.2, 0.25) is 0 Å². The Morgan fingerprint density at radius 2 is 1.43 bits per heavy atom. The number of nitrogens with zero attached hydrogens (tertiary/aromatic N) is 2. The number of rotatable bonds is 18. The summed E-state index contributed by atoms with van der Waals surface area (Å²) in [7, 11) is 2.94. The number of aryl methyl sites for hydroxylation is 2. The quantitative estimate of drug-likeness (QED) is 0.0663. The standard InChI is InChI=1S/C51H59FN4O5S2/c1-50(2,3)61-49(59)56-35-44(63-51(38-16-10-7-11-17-38,39-18-12-8-13-19-39)40-20-14-9-15-21-40)33-43(56)34-53-42-29-26-37(25-22-36-23-27-41(52)28-24-36)45(32-42)47(57)54-46(30-31-62-6)48(58)55(4)60-5/h7-21,23-24,26-29,32,43-44,46,53H,22,25,30-31,33-35H2,1-6H3,(H,54,57)/t43-,44-,46-/m0/s1. The van der Waals surface area contributed by atoms with Crippen molar-refractivity contribution in [3.05, 3.63) is 173 Å². The predicted molar refractivity (Wildman–Crippen MR) is 255 cm³/mol. The molecule has 332 valence electrons. The molecular formula is C51H59FN4O5S2. The van der Waals surface area contributed by atoms with Crippen LogP contribution in [0.1, 0.15) is 71.8 Å². The molecule has 0 unspecified atom stereocenters. The number of thioether (sulfide) groups is 2. The highest BCUT2D eigenvalue weighted by Crippen LogP contribution is 2.52. The number of hydroxylamine groups is 2. The van der Waals surface area contributed by atoms with Gasteiger partial charge in [-0.25, -0.2) is 14.2 Å². The van der Waals surface area contributed by atoms with Crippen molar-refractivity contribution in [1.82, 2.24) is 15.3 Å². The van der Waals surface area contributed by atoms with Crippen LogP contribution in [-0.2, 0) is 32.0 Å². The number of benzene rings is 5. The normalized spacial score (nSPS) is 15.7. The van der Waals surface area contributed by atoms with E-state index in [4.69, 9.17) is 9.57 Å². The van der Waals surface area contributed by atoms with Crippen LogP contribution < -0.4 is 10.6 Å². The van der Waals surface area contributed by atoms with Crippen LogP contribution in [0.4, 0.5) is 14.9 Å². The molecule has 2 N–H and O–H groups in total. The number of carbonyl (C=O) groups is 3. The molecule has 3 atom stereocenters. The monoisotopic (exact) mass is 890 g/mol. The molecule has 1 saturated heterocycles. The van der Waals surface area contributed by atoms with Gasteiger partial charge in [0.05, 0.1) is 17.9 Å². The molecular weight excluding hydrogens is 832 g/mol. The van der Waals surface area contributed by atoms with E-state index in [0.29, 0.717) is 55.8 Å². The van der Waals surface area contributed by atoms with Gasteiger partial charge in [0.1, 0.15) is 17.5 Å². The second kappa shape index (κ2) is 21.9. The molecule has 1 aliphatic rings. The zero-order chi connectivity index (χ0) is 45.0. The van der Waals surface area contributed by atoms with Gasteiger partial charge in [0.15, 0.2) is 0 Å². The van der Waals surface area contributed by atoms with Crippen molar-refractivity contribution in [2.45, 2.75) is 74.1 Å². The van der Waals surface area contributed by atoms with Gasteiger partial charge in [-0.15, -0.1) is 11.8 Å². The van der Waals surface area contributed by atoms with Gasteiger partial charge in [0, 0.05) is 36.6 Å². The molecule has 3 amide bonds. The summed E-state index contributed by atoms with van der Waals surface area (Å²) in [5, 5.41) is 7.71. The lowest BCUT2D eigenvalue weighted by Crippen LogP contribution is -2.47. The lowest BCUT2D eigenvalue weighted by Gasteiger charge is -2.37. The third kappa shape index (κ3) is 12.2. The van der Waals surface area contributed by atoms with E-state index in [1.165, 1.54) is 26.3 Å². The minimum atomic E-state index is -0.804. The van der Waals surface area contributed by atoms with E-state index in [0.717, 1.165) is 32.9 Å². The Hall–Kier alpha value is -5.30. The second-order valence-corrected chi connectivity index (χ2v) is 19.2. The van der Waals surface area contributed by atoms with Crippen molar-refractivity contribution in [3.8, 4) is 0 Å². The number of halogens is 1. The number of hydrogen-bond acceptors (Lipinski definition) is 8. The highest BCUT2D eigenvalue weighted by Gasteiger charge is 2.45. The molecule has 0 aromatic heterocycles. The third-order valence-corrected chi connectivity index (χ3v) is 13.6. The molecule has 12 heteroatoms. The van der Waals surface area contributed by atoms with Crippen molar-refractivity contribution in [3.63, 3.8) is 0 Å². The number of likely N-dealkylation sites (tertiary alicyclic amines) is 1. The summed E-state index contributed by atoms with van der Waals surface area (Å²) < 4.78 is 19.2. The first kappa shape index (κ1) is 47.2. The Bertz CT molecular complexity index is 2160. The van der Waals surface area contributed by atoms with E-state index >= 15 is 0 Å². The molecule has 0 bridgehead atoms. The first-order valence-corrected chi connectivity index (χ1v) is 23.7. The molecule has 0 radical (unpaired) electrons. The largest absolute Gasteiger partial charge is 0.444 e. The SMILES string of the molecule is CON(C)C(=O)[C@H](CCSC)NC(=O)c1cc(NC[C@@H]2C[C@H](SC(c3ccccc3)(c3ccccc3)c3ccccc3)CN2C(=O)OC(C)(C)C)ccc1CCc1ccc(F)cc1. The van der Waals surface area contributed by atoms with Crippen LogP contribution in [0.25, 0.3) is 0 Å². The number of likely N-dealkylation sites (N-methyl/N-ethyl adjacent to an activating group) is 1. The first-order chi connectivity index (χ1) is 30.3. The molecule has 0 aliphatic carbocycles. The molecule has 1 aliphatic heterocycles. The highest BCUT2D eigenvalue weighted by atomic mass is 32.2. The number of carbonyl (C=O) groups excluding carboxylic acids is 3. The second-order valence-electron chi connectivity index (χ2n) is 16.7. The molecule has 1 heterocycles. The van der Waals surface area contributed by atoms with Gasteiger partial charge in [-0.3, -0.25) is 14.4 Å². The molecule has 1 fully saturated rings. The number of anilines is 1. The zero-order valence-electron chi connectivity index (χ0n) is 37.0.